The highest BCUT2D eigenvalue weighted by atomic mass is 32.2. The summed E-state index contributed by atoms with van der Waals surface area (Å²) in [6.07, 6.45) is 5.61. The number of carbonyl (C=O) groups is 2. The minimum Gasteiger partial charge on any atom is -0.352 e. The predicted octanol–water partition coefficient (Wildman–Crippen LogP) is 4.24. The maximum absolute atomic E-state index is 13.8. The lowest BCUT2D eigenvalue weighted by Crippen LogP contribution is -2.53. The van der Waals surface area contributed by atoms with Gasteiger partial charge in [-0.05, 0) is 62.8 Å². The molecule has 1 N–H and O–H groups in total. The van der Waals surface area contributed by atoms with Crippen molar-refractivity contribution in [2.75, 3.05) is 17.1 Å². The van der Waals surface area contributed by atoms with Crippen molar-refractivity contribution < 1.29 is 18.0 Å². The molecule has 0 spiro atoms. The number of anilines is 1. The molecule has 36 heavy (non-hydrogen) atoms. The second-order valence-corrected chi connectivity index (χ2v) is 11.9. The van der Waals surface area contributed by atoms with Gasteiger partial charge < -0.3 is 10.2 Å². The van der Waals surface area contributed by atoms with Gasteiger partial charge in [0, 0.05) is 12.6 Å². The number of rotatable bonds is 10. The summed E-state index contributed by atoms with van der Waals surface area (Å²) < 4.78 is 26.8. The van der Waals surface area contributed by atoms with Gasteiger partial charge in [0.1, 0.15) is 12.6 Å². The summed E-state index contributed by atoms with van der Waals surface area (Å²) >= 11 is 0. The molecule has 1 fully saturated rings. The maximum atomic E-state index is 13.8. The van der Waals surface area contributed by atoms with Crippen LogP contribution in [-0.4, -0.2) is 50.0 Å². The van der Waals surface area contributed by atoms with Crippen molar-refractivity contribution >= 4 is 27.5 Å². The van der Waals surface area contributed by atoms with Crippen molar-refractivity contribution in [2.24, 2.45) is 0 Å². The van der Waals surface area contributed by atoms with E-state index in [0.717, 1.165) is 58.5 Å². The summed E-state index contributed by atoms with van der Waals surface area (Å²) in [4.78, 5) is 28.7. The number of carbonyl (C=O) groups excluding carboxylic acids is 2. The third kappa shape index (κ3) is 7.09. The van der Waals surface area contributed by atoms with E-state index in [1.165, 1.54) is 4.90 Å². The second kappa shape index (κ2) is 11.9. The van der Waals surface area contributed by atoms with E-state index >= 15 is 0 Å². The zero-order valence-electron chi connectivity index (χ0n) is 22.1. The van der Waals surface area contributed by atoms with Crippen LogP contribution < -0.4 is 9.62 Å². The number of aryl methyl sites for hydroxylation is 3. The van der Waals surface area contributed by atoms with Crippen LogP contribution >= 0.6 is 0 Å². The summed E-state index contributed by atoms with van der Waals surface area (Å²) in [5.41, 5.74) is 4.12. The number of benzene rings is 2. The van der Waals surface area contributed by atoms with Crippen molar-refractivity contribution in [1.82, 2.24) is 10.2 Å². The predicted molar refractivity (Wildman–Crippen MR) is 144 cm³/mol. The zero-order valence-corrected chi connectivity index (χ0v) is 22.9. The van der Waals surface area contributed by atoms with Gasteiger partial charge in [0.25, 0.3) is 0 Å². The summed E-state index contributed by atoms with van der Waals surface area (Å²) in [6, 6.07) is 12.8. The molecule has 0 aromatic heterocycles. The smallest absolute Gasteiger partial charge is 0.244 e. The van der Waals surface area contributed by atoms with E-state index in [0.29, 0.717) is 12.1 Å². The Morgan fingerprint density at radius 3 is 2.19 bits per heavy atom. The van der Waals surface area contributed by atoms with E-state index in [2.05, 4.69) is 5.32 Å². The Kier molecular flexibility index (Phi) is 9.17. The Bertz CT molecular complexity index is 1170. The molecule has 3 rings (SSSR count). The zero-order chi connectivity index (χ0) is 26.5. The van der Waals surface area contributed by atoms with Crippen LogP contribution in [0.4, 0.5) is 5.69 Å². The lowest BCUT2D eigenvalue weighted by Gasteiger charge is -2.33. The van der Waals surface area contributed by atoms with Crippen molar-refractivity contribution in [1.29, 1.82) is 0 Å². The fourth-order valence-electron chi connectivity index (χ4n) is 4.76. The number of hydrogen-bond donors (Lipinski definition) is 1. The van der Waals surface area contributed by atoms with Gasteiger partial charge in [0.05, 0.1) is 11.9 Å². The van der Waals surface area contributed by atoms with Crippen LogP contribution in [0.25, 0.3) is 0 Å². The highest BCUT2D eigenvalue weighted by Crippen LogP contribution is 2.25. The van der Waals surface area contributed by atoms with Crippen LogP contribution in [0.2, 0.25) is 0 Å². The third-order valence-electron chi connectivity index (χ3n) is 6.87. The van der Waals surface area contributed by atoms with Gasteiger partial charge in [-0.1, -0.05) is 61.7 Å². The Morgan fingerprint density at radius 1 is 1.00 bits per heavy atom. The van der Waals surface area contributed by atoms with Crippen molar-refractivity contribution in [3.63, 3.8) is 0 Å². The van der Waals surface area contributed by atoms with Crippen molar-refractivity contribution in [2.45, 2.75) is 78.4 Å². The number of amides is 2. The van der Waals surface area contributed by atoms with Crippen LogP contribution in [0.1, 0.15) is 61.3 Å². The normalized spacial score (nSPS) is 14.9. The van der Waals surface area contributed by atoms with Gasteiger partial charge in [-0.3, -0.25) is 13.9 Å². The maximum Gasteiger partial charge on any atom is 0.244 e. The first-order valence-corrected chi connectivity index (χ1v) is 14.5. The molecule has 0 radical (unpaired) electrons. The standard InChI is InChI=1S/C28H39N3O4S/c1-6-25(28(33)29-24-9-7-8-10-24)30(18-23-15-12-20(2)13-16-23)27(32)19-31(36(5,34)35)26-17-21(3)11-14-22(26)4/h11-17,24-25H,6-10,18-19H2,1-5H3,(H,29,33)/t25-/m0/s1. The fourth-order valence-corrected chi connectivity index (χ4v) is 5.66. The molecular weight excluding hydrogens is 474 g/mol. The molecule has 2 aromatic carbocycles. The van der Waals surface area contributed by atoms with Crippen LogP contribution in [0, 0.1) is 20.8 Å². The molecular formula is C28H39N3O4S. The van der Waals surface area contributed by atoms with Crippen LogP contribution in [0.3, 0.4) is 0 Å². The lowest BCUT2D eigenvalue weighted by atomic mass is 10.1. The molecule has 8 heteroatoms. The number of sulfonamides is 1. The van der Waals surface area contributed by atoms with E-state index in [4.69, 9.17) is 0 Å². The van der Waals surface area contributed by atoms with E-state index in [9.17, 15) is 18.0 Å². The minimum atomic E-state index is -3.75. The number of nitrogens with zero attached hydrogens (tertiary/aromatic N) is 2. The average Bonchev–Trinajstić information content (AvgIpc) is 3.32. The summed E-state index contributed by atoms with van der Waals surface area (Å²) in [5.74, 6) is -0.585. The lowest BCUT2D eigenvalue weighted by molar-refractivity contribution is -0.140. The Hall–Kier alpha value is -2.87. The topological polar surface area (TPSA) is 86.8 Å². The minimum absolute atomic E-state index is 0.130. The molecule has 0 bridgehead atoms. The molecule has 1 atom stereocenters. The molecule has 1 aliphatic rings. The van der Waals surface area contributed by atoms with Gasteiger partial charge in [0.2, 0.25) is 21.8 Å². The average molecular weight is 514 g/mol. The van der Waals surface area contributed by atoms with Crippen molar-refractivity contribution in [3.8, 4) is 0 Å². The van der Waals surface area contributed by atoms with E-state index in [1.54, 1.807) is 6.07 Å². The molecule has 7 nitrogen and oxygen atoms in total. The van der Waals surface area contributed by atoms with Gasteiger partial charge in [-0.25, -0.2) is 8.42 Å². The van der Waals surface area contributed by atoms with Gasteiger partial charge in [-0.2, -0.15) is 0 Å². The van der Waals surface area contributed by atoms with Crippen LogP contribution in [0.5, 0.6) is 0 Å². The third-order valence-corrected chi connectivity index (χ3v) is 8.00. The van der Waals surface area contributed by atoms with Gasteiger partial charge in [-0.15, -0.1) is 0 Å². The van der Waals surface area contributed by atoms with E-state index in [-0.39, 0.29) is 25.0 Å². The quantitative estimate of drug-likeness (QED) is 0.515. The first-order valence-electron chi connectivity index (χ1n) is 12.7. The molecule has 2 amide bonds. The molecule has 2 aromatic rings. The van der Waals surface area contributed by atoms with Crippen molar-refractivity contribution in [3.05, 3.63) is 64.7 Å². The highest BCUT2D eigenvalue weighted by molar-refractivity contribution is 7.92. The first kappa shape index (κ1) is 27.7. The molecule has 0 unspecified atom stereocenters. The first-order chi connectivity index (χ1) is 17.0. The number of hydrogen-bond acceptors (Lipinski definition) is 4. The van der Waals surface area contributed by atoms with Gasteiger partial charge >= 0.3 is 0 Å². The Labute approximate surface area is 215 Å². The molecule has 0 aliphatic heterocycles. The molecule has 1 aliphatic carbocycles. The highest BCUT2D eigenvalue weighted by Gasteiger charge is 2.33. The molecule has 1 saturated carbocycles. The second-order valence-electron chi connectivity index (χ2n) is 9.98. The Morgan fingerprint density at radius 2 is 1.61 bits per heavy atom. The molecule has 0 heterocycles. The summed E-state index contributed by atoms with van der Waals surface area (Å²) in [6.45, 7) is 7.43. The molecule has 196 valence electrons. The van der Waals surface area contributed by atoms with Crippen LogP contribution in [-0.2, 0) is 26.2 Å². The largest absolute Gasteiger partial charge is 0.352 e. The SMILES string of the molecule is CC[C@@H](C(=O)NC1CCCC1)N(Cc1ccc(C)cc1)C(=O)CN(c1cc(C)ccc1C)S(C)(=O)=O. The summed E-state index contributed by atoms with van der Waals surface area (Å²) in [7, 11) is -3.75. The van der Waals surface area contributed by atoms with E-state index in [1.807, 2.05) is 64.1 Å². The number of nitrogens with one attached hydrogen (secondary N) is 1. The monoisotopic (exact) mass is 513 g/mol. The molecule has 0 saturated heterocycles. The Balaban J connectivity index is 1.94. The van der Waals surface area contributed by atoms with E-state index < -0.39 is 22.0 Å². The summed E-state index contributed by atoms with van der Waals surface area (Å²) in [5, 5.41) is 3.13. The van der Waals surface area contributed by atoms with Crippen LogP contribution in [0.15, 0.2) is 42.5 Å². The van der Waals surface area contributed by atoms with Gasteiger partial charge in [0.15, 0.2) is 0 Å². The fraction of sp³-hybridized carbons (Fsp3) is 0.500.